The first-order valence-electron chi connectivity index (χ1n) is 4.68. The van der Waals surface area contributed by atoms with Crippen molar-refractivity contribution in [2.45, 2.75) is 0 Å². The van der Waals surface area contributed by atoms with E-state index in [4.69, 9.17) is 0 Å². The van der Waals surface area contributed by atoms with E-state index in [2.05, 4.69) is 20.7 Å². The van der Waals surface area contributed by atoms with Crippen molar-refractivity contribution >= 4 is 33.7 Å². The second-order valence-corrected chi connectivity index (χ2v) is 3.77. The molecule has 90 valence electrons. The number of ether oxygens (including phenoxy) is 1. The average molecular weight is 300 g/mol. The Hall–Kier alpha value is -1.69. The third-order valence-corrected chi connectivity index (χ3v) is 2.35. The number of methoxy groups -OCH3 is 1. The third-order valence-electron chi connectivity index (χ3n) is 1.97. The first-order chi connectivity index (χ1) is 8.08. The van der Waals surface area contributed by atoms with Crippen molar-refractivity contribution in [1.29, 1.82) is 0 Å². The Bertz CT molecular complexity index is 471. The Morgan fingerprint density at radius 2 is 2.24 bits per heavy atom. The van der Waals surface area contributed by atoms with Gasteiger partial charge in [-0.25, -0.2) is 4.79 Å². The van der Waals surface area contributed by atoms with Crippen molar-refractivity contribution in [3.8, 4) is 0 Å². The highest BCUT2D eigenvalue weighted by atomic mass is 79.9. The maximum atomic E-state index is 11.3. The number of halogens is 1. The van der Waals surface area contributed by atoms with E-state index in [1.54, 1.807) is 12.2 Å². The molecule has 0 aliphatic carbocycles. The van der Waals surface area contributed by atoms with Crippen LogP contribution in [0.3, 0.4) is 0 Å². The fourth-order valence-corrected chi connectivity index (χ4v) is 1.44. The van der Waals surface area contributed by atoms with Crippen LogP contribution in [0.4, 0.5) is 5.69 Å². The van der Waals surface area contributed by atoms with Crippen LogP contribution in [0.15, 0.2) is 24.3 Å². The lowest BCUT2D eigenvalue weighted by Crippen LogP contribution is -2.02. The topological polar surface area (TPSA) is 69.4 Å². The summed E-state index contributed by atoms with van der Waals surface area (Å²) >= 11 is 3.20. The Labute approximate surface area is 106 Å². The van der Waals surface area contributed by atoms with Crippen molar-refractivity contribution in [2.75, 3.05) is 12.4 Å². The number of allylic oxidation sites excluding steroid dienone is 1. The highest BCUT2D eigenvalue weighted by Crippen LogP contribution is 2.19. The maximum Gasteiger partial charge on any atom is 0.338 e. The van der Waals surface area contributed by atoms with E-state index in [9.17, 15) is 14.9 Å². The van der Waals surface area contributed by atoms with Crippen molar-refractivity contribution in [3.05, 3.63) is 45.5 Å². The Morgan fingerprint density at radius 1 is 1.53 bits per heavy atom. The average Bonchev–Trinajstić information content (AvgIpc) is 2.34. The van der Waals surface area contributed by atoms with E-state index in [0.29, 0.717) is 10.9 Å². The Balaban J connectivity index is 3.23. The number of rotatable bonds is 4. The van der Waals surface area contributed by atoms with Crippen LogP contribution in [0, 0.1) is 10.1 Å². The van der Waals surface area contributed by atoms with Gasteiger partial charge in [0.2, 0.25) is 0 Å². The minimum absolute atomic E-state index is 0.137. The lowest BCUT2D eigenvalue weighted by atomic mass is 10.1. The van der Waals surface area contributed by atoms with Crippen LogP contribution in [0.2, 0.25) is 0 Å². The molecule has 0 atom stereocenters. The van der Waals surface area contributed by atoms with Gasteiger partial charge >= 0.3 is 5.97 Å². The number of hydrogen-bond donors (Lipinski definition) is 0. The molecule has 0 radical (unpaired) electrons. The van der Waals surface area contributed by atoms with Crippen LogP contribution in [0.5, 0.6) is 0 Å². The molecular weight excluding hydrogens is 290 g/mol. The number of nitro groups is 1. The Kier molecular flexibility index (Phi) is 4.84. The summed E-state index contributed by atoms with van der Waals surface area (Å²) in [6, 6.07) is 4.13. The summed E-state index contributed by atoms with van der Waals surface area (Å²) in [7, 11) is 1.23. The zero-order valence-corrected chi connectivity index (χ0v) is 10.6. The number of hydrogen-bond acceptors (Lipinski definition) is 4. The molecule has 0 aliphatic heterocycles. The molecule has 0 N–H and O–H groups in total. The molecule has 0 bridgehead atoms. The molecule has 6 heteroatoms. The van der Waals surface area contributed by atoms with Gasteiger partial charge in [-0.2, -0.15) is 0 Å². The van der Waals surface area contributed by atoms with Crippen LogP contribution >= 0.6 is 15.9 Å². The number of non-ortho nitro benzene ring substituents is 1. The van der Waals surface area contributed by atoms with Gasteiger partial charge in [-0.1, -0.05) is 28.1 Å². The minimum atomic E-state index is -0.595. The molecule has 1 aromatic carbocycles. The number of esters is 1. The van der Waals surface area contributed by atoms with Gasteiger partial charge in [-0.15, -0.1) is 0 Å². The number of carbonyl (C=O) groups is 1. The molecule has 0 heterocycles. The van der Waals surface area contributed by atoms with Gasteiger partial charge in [-0.05, 0) is 11.6 Å². The zero-order valence-electron chi connectivity index (χ0n) is 9.05. The van der Waals surface area contributed by atoms with E-state index in [1.807, 2.05) is 0 Å². The number of nitrogens with zero attached hydrogens (tertiary/aromatic N) is 1. The molecule has 0 saturated carbocycles. The molecule has 0 amide bonds. The summed E-state index contributed by atoms with van der Waals surface area (Å²) in [5.74, 6) is -0.595. The monoisotopic (exact) mass is 299 g/mol. The molecule has 0 aromatic heterocycles. The minimum Gasteiger partial charge on any atom is -0.465 e. The van der Waals surface area contributed by atoms with Gasteiger partial charge < -0.3 is 4.74 Å². The van der Waals surface area contributed by atoms with Gasteiger partial charge in [0.1, 0.15) is 0 Å². The lowest BCUT2D eigenvalue weighted by molar-refractivity contribution is -0.384. The van der Waals surface area contributed by atoms with Crippen LogP contribution in [0.1, 0.15) is 15.9 Å². The summed E-state index contributed by atoms with van der Waals surface area (Å²) in [4.78, 5) is 21.5. The molecule has 17 heavy (non-hydrogen) atoms. The third kappa shape index (κ3) is 3.67. The first kappa shape index (κ1) is 13.4. The maximum absolute atomic E-state index is 11.3. The largest absolute Gasteiger partial charge is 0.465 e. The standard InChI is InChI=1S/C11H10BrNO4/c1-17-11(14)9-5-8(3-2-4-12)6-10(7-9)13(15)16/h2-3,5-7H,4H2,1H3. The molecule has 1 aromatic rings. The SMILES string of the molecule is COC(=O)c1cc(C=CCBr)cc([N+](=O)[O-])c1. The van der Waals surface area contributed by atoms with Gasteiger partial charge in [0, 0.05) is 17.5 Å². The number of alkyl halides is 1. The van der Waals surface area contributed by atoms with Gasteiger partial charge in [0.25, 0.3) is 5.69 Å². The van der Waals surface area contributed by atoms with E-state index in [-0.39, 0.29) is 11.3 Å². The van der Waals surface area contributed by atoms with Gasteiger partial charge in [0.15, 0.2) is 0 Å². The summed E-state index contributed by atoms with van der Waals surface area (Å²) in [5.41, 5.74) is 0.608. The summed E-state index contributed by atoms with van der Waals surface area (Å²) < 4.78 is 4.54. The van der Waals surface area contributed by atoms with E-state index >= 15 is 0 Å². The van der Waals surface area contributed by atoms with Crippen LogP contribution in [0.25, 0.3) is 6.08 Å². The Morgan fingerprint density at radius 3 is 2.76 bits per heavy atom. The highest BCUT2D eigenvalue weighted by molar-refractivity contribution is 9.09. The lowest BCUT2D eigenvalue weighted by Gasteiger charge is -2.01. The van der Waals surface area contributed by atoms with Crippen molar-refractivity contribution in [2.24, 2.45) is 0 Å². The second kappa shape index (κ2) is 6.15. The molecule has 0 saturated heterocycles. The summed E-state index contributed by atoms with van der Waals surface area (Å²) in [6.07, 6.45) is 3.47. The van der Waals surface area contributed by atoms with Crippen molar-refractivity contribution in [1.82, 2.24) is 0 Å². The molecule has 0 aliphatic rings. The quantitative estimate of drug-likeness (QED) is 0.371. The predicted octanol–water partition coefficient (Wildman–Crippen LogP) is 2.79. The number of nitro benzene ring substituents is 1. The molecular formula is C11H10BrNO4. The van der Waals surface area contributed by atoms with Crippen LogP contribution < -0.4 is 0 Å². The smallest absolute Gasteiger partial charge is 0.338 e. The fraction of sp³-hybridized carbons (Fsp3) is 0.182. The predicted molar refractivity (Wildman–Crippen MR) is 67.3 cm³/mol. The molecule has 0 fully saturated rings. The zero-order chi connectivity index (χ0) is 12.8. The number of benzene rings is 1. The van der Waals surface area contributed by atoms with Crippen LogP contribution in [-0.4, -0.2) is 23.3 Å². The molecule has 1 rings (SSSR count). The highest BCUT2D eigenvalue weighted by Gasteiger charge is 2.13. The van der Waals surface area contributed by atoms with Crippen LogP contribution in [-0.2, 0) is 4.74 Å². The summed E-state index contributed by atoms with van der Waals surface area (Å²) in [6.45, 7) is 0. The first-order valence-corrected chi connectivity index (χ1v) is 5.81. The van der Waals surface area contributed by atoms with Crippen molar-refractivity contribution in [3.63, 3.8) is 0 Å². The molecule has 5 nitrogen and oxygen atoms in total. The second-order valence-electron chi connectivity index (χ2n) is 3.12. The van der Waals surface area contributed by atoms with E-state index < -0.39 is 10.9 Å². The summed E-state index contributed by atoms with van der Waals surface area (Å²) in [5, 5.41) is 11.3. The van der Waals surface area contributed by atoms with E-state index in [0.717, 1.165) is 0 Å². The van der Waals surface area contributed by atoms with Gasteiger partial charge in [-0.3, -0.25) is 10.1 Å². The van der Waals surface area contributed by atoms with Gasteiger partial charge in [0.05, 0.1) is 17.6 Å². The molecule has 0 unspecified atom stereocenters. The number of carbonyl (C=O) groups excluding carboxylic acids is 1. The van der Waals surface area contributed by atoms with Crippen molar-refractivity contribution < 1.29 is 14.5 Å². The fourth-order valence-electron chi connectivity index (χ4n) is 1.25. The normalized spacial score (nSPS) is 10.5. The van der Waals surface area contributed by atoms with E-state index in [1.165, 1.54) is 25.3 Å². The molecule has 0 spiro atoms.